The topological polar surface area (TPSA) is 99.3 Å². The molecule has 1 heterocycles. The Balaban J connectivity index is 1.85. The van der Waals surface area contributed by atoms with Crippen molar-refractivity contribution in [3.8, 4) is 0 Å². The predicted molar refractivity (Wildman–Crippen MR) is 92.4 cm³/mol. The first kappa shape index (κ1) is 21.4. The lowest BCUT2D eigenvalue weighted by molar-refractivity contribution is -0.386. The van der Waals surface area contributed by atoms with E-state index in [0.717, 1.165) is 5.56 Å². The van der Waals surface area contributed by atoms with E-state index in [1.165, 1.54) is 18.5 Å². The lowest BCUT2D eigenvalue weighted by Gasteiger charge is -2.09. The molecule has 0 bridgehead atoms. The van der Waals surface area contributed by atoms with Gasteiger partial charge in [0, 0.05) is 6.54 Å². The third-order valence-electron chi connectivity index (χ3n) is 3.87. The highest BCUT2D eigenvalue weighted by atomic mass is 19.4. The zero-order valence-corrected chi connectivity index (χ0v) is 15.2. The van der Waals surface area contributed by atoms with Crippen LogP contribution < -0.4 is 5.32 Å². The minimum absolute atomic E-state index is 0.115. The molecule has 0 unspecified atom stereocenters. The molecule has 0 aliphatic carbocycles. The van der Waals surface area contributed by atoms with E-state index in [9.17, 15) is 28.1 Å². The Morgan fingerprint density at radius 3 is 2.39 bits per heavy atom. The molecule has 11 heteroatoms. The molecule has 0 spiro atoms. The largest absolute Gasteiger partial charge is 0.411 e. The average Bonchev–Trinajstić information content (AvgIpc) is 2.86. The highest BCUT2D eigenvalue weighted by Crippen LogP contribution is 2.21. The molecule has 1 N–H and O–H groups in total. The number of alkyl halides is 3. The fourth-order valence-electron chi connectivity index (χ4n) is 2.54. The van der Waals surface area contributed by atoms with Crippen LogP contribution in [0.2, 0.25) is 0 Å². The second kappa shape index (κ2) is 8.83. The van der Waals surface area contributed by atoms with Gasteiger partial charge in [0.05, 0.1) is 11.5 Å². The van der Waals surface area contributed by atoms with Crippen molar-refractivity contribution >= 4 is 11.6 Å². The molecule has 0 fully saturated rings. The molecule has 0 aliphatic rings. The summed E-state index contributed by atoms with van der Waals surface area (Å²) in [4.78, 5) is 22.5. The summed E-state index contributed by atoms with van der Waals surface area (Å²) in [5, 5.41) is 17.7. The number of nitrogens with one attached hydrogen (secondary N) is 1. The number of benzene rings is 1. The average molecular weight is 400 g/mol. The zero-order chi connectivity index (χ0) is 20.9. The molecule has 0 radical (unpaired) electrons. The Labute approximate surface area is 158 Å². The Morgan fingerprint density at radius 2 is 1.86 bits per heavy atom. The number of aromatic nitrogens is 2. The van der Waals surface area contributed by atoms with Crippen LogP contribution in [0.1, 0.15) is 22.5 Å². The lowest BCUT2D eigenvalue weighted by Crippen LogP contribution is -2.28. The Kier molecular flexibility index (Phi) is 6.73. The van der Waals surface area contributed by atoms with Gasteiger partial charge in [0.25, 0.3) is 0 Å². The summed E-state index contributed by atoms with van der Waals surface area (Å²) >= 11 is 0. The summed E-state index contributed by atoms with van der Waals surface area (Å²) in [7, 11) is 0. The first-order valence-electron chi connectivity index (χ1n) is 8.24. The summed E-state index contributed by atoms with van der Waals surface area (Å²) < 4.78 is 42.0. The number of hydrogen-bond donors (Lipinski definition) is 1. The highest BCUT2D eigenvalue weighted by molar-refractivity contribution is 5.75. The minimum Gasteiger partial charge on any atom is -0.367 e. The normalized spacial score (nSPS) is 11.5. The first-order chi connectivity index (χ1) is 13.1. The molecule has 0 saturated heterocycles. The Hall–Kier alpha value is -2.95. The smallest absolute Gasteiger partial charge is 0.367 e. The van der Waals surface area contributed by atoms with Crippen molar-refractivity contribution in [1.29, 1.82) is 0 Å². The maximum Gasteiger partial charge on any atom is 0.411 e. The van der Waals surface area contributed by atoms with Gasteiger partial charge in [-0.05, 0) is 25.0 Å². The zero-order valence-electron chi connectivity index (χ0n) is 15.2. The van der Waals surface area contributed by atoms with E-state index < -0.39 is 17.7 Å². The maximum absolute atomic E-state index is 12.1. The van der Waals surface area contributed by atoms with Gasteiger partial charge in [0.1, 0.15) is 24.5 Å². The van der Waals surface area contributed by atoms with Crippen LogP contribution in [0.4, 0.5) is 18.9 Å². The van der Waals surface area contributed by atoms with Crippen molar-refractivity contribution in [2.45, 2.75) is 39.7 Å². The van der Waals surface area contributed by atoms with Gasteiger partial charge in [-0.1, -0.05) is 24.3 Å². The number of carbonyl (C=O) groups is 1. The van der Waals surface area contributed by atoms with Crippen LogP contribution in [0.5, 0.6) is 0 Å². The number of carbonyl (C=O) groups excluding carboxylic acids is 1. The van der Waals surface area contributed by atoms with E-state index in [-0.39, 0.29) is 37.0 Å². The summed E-state index contributed by atoms with van der Waals surface area (Å²) in [6.07, 6.45) is -4.36. The second-order valence-electron chi connectivity index (χ2n) is 6.14. The van der Waals surface area contributed by atoms with E-state index in [0.29, 0.717) is 11.3 Å². The number of rotatable bonds is 8. The second-order valence-corrected chi connectivity index (χ2v) is 6.14. The van der Waals surface area contributed by atoms with Crippen molar-refractivity contribution in [2.24, 2.45) is 0 Å². The van der Waals surface area contributed by atoms with Crippen molar-refractivity contribution in [2.75, 3.05) is 6.61 Å². The highest BCUT2D eigenvalue weighted by Gasteiger charge is 2.27. The van der Waals surface area contributed by atoms with Crippen molar-refractivity contribution in [3.05, 3.63) is 56.9 Å². The number of halogens is 3. The molecule has 2 aromatic rings. The third-order valence-corrected chi connectivity index (χ3v) is 3.87. The molecular formula is C17H19F3N4O4. The molecule has 28 heavy (non-hydrogen) atoms. The van der Waals surface area contributed by atoms with E-state index in [4.69, 9.17) is 0 Å². The summed E-state index contributed by atoms with van der Waals surface area (Å²) in [6, 6.07) is 6.56. The molecule has 0 aliphatic heterocycles. The lowest BCUT2D eigenvalue weighted by atomic mass is 10.1. The fourth-order valence-corrected chi connectivity index (χ4v) is 2.54. The van der Waals surface area contributed by atoms with Gasteiger partial charge in [0.15, 0.2) is 0 Å². The van der Waals surface area contributed by atoms with Crippen LogP contribution in [-0.4, -0.2) is 33.4 Å². The summed E-state index contributed by atoms with van der Waals surface area (Å²) in [6.45, 7) is 1.58. The minimum atomic E-state index is -4.36. The Morgan fingerprint density at radius 1 is 1.25 bits per heavy atom. The van der Waals surface area contributed by atoms with E-state index in [1.54, 1.807) is 24.3 Å². The molecule has 1 aromatic carbocycles. The molecule has 0 saturated carbocycles. The van der Waals surface area contributed by atoms with Crippen LogP contribution >= 0.6 is 0 Å². The number of amides is 1. The van der Waals surface area contributed by atoms with Gasteiger partial charge >= 0.3 is 11.9 Å². The fraction of sp³-hybridized carbons (Fsp3) is 0.412. The number of nitrogens with zero attached hydrogens (tertiary/aromatic N) is 3. The van der Waals surface area contributed by atoms with E-state index >= 15 is 0 Å². The van der Waals surface area contributed by atoms with Crippen molar-refractivity contribution in [1.82, 2.24) is 15.1 Å². The van der Waals surface area contributed by atoms with Gasteiger partial charge in [-0.2, -0.15) is 18.3 Å². The predicted octanol–water partition coefficient (Wildman–Crippen LogP) is 2.80. The number of hydrogen-bond acceptors (Lipinski definition) is 5. The molecule has 1 amide bonds. The third kappa shape index (κ3) is 6.05. The number of nitro groups is 1. The van der Waals surface area contributed by atoms with Gasteiger partial charge in [-0.15, -0.1) is 0 Å². The first-order valence-corrected chi connectivity index (χ1v) is 8.24. The van der Waals surface area contributed by atoms with Crippen LogP contribution in [0.25, 0.3) is 0 Å². The Bertz CT molecular complexity index is 847. The molecular weight excluding hydrogens is 381 g/mol. The van der Waals surface area contributed by atoms with E-state index in [2.05, 4.69) is 15.2 Å². The van der Waals surface area contributed by atoms with Gasteiger partial charge < -0.3 is 10.1 Å². The van der Waals surface area contributed by atoms with Gasteiger partial charge in [0.2, 0.25) is 5.91 Å². The summed E-state index contributed by atoms with van der Waals surface area (Å²) in [5.74, 6) is -0.377. The van der Waals surface area contributed by atoms with Crippen molar-refractivity contribution in [3.63, 3.8) is 0 Å². The molecule has 1 aromatic heterocycles. The molecule has 2 rings (SSSR count). The number of ether oxygens (including phenoxy) is 1. The van der Waals surface area contributed by atoms with Crippen LogP contribution in [0.3, 0.4) is 0 Å². The molecule has 152 valence electrons. The standard InChI is InChI=1S/C17H19F3N4O4/c1-11-16(24(26)27)12(2)23(22-11)8-15(25)21-7-13-3-5-14(6-4-13)9-28-10-17(18,19)20/h3-6H,7-10H2,1-2H3,(H,21,25). The quantitative estimate of drug-likeness (QED) is 0.543. The molecule has 8 nitrogen and oxygen atoms in total. The molecule has 0 atom stereocenters. The van der Waals surface area contributed by atoms with Gasteiger partial charge in [-0.25, -0.2) is 0 Å². The van der Waals surface area contributed by atoms with Crippen molar-refractivity contribution < 1.29 is 27.6 Å². The van der Waals surface area contributed by atoms with Crippen LogP contribution in [0, 0.1) is 24.0 Å². The summed E-state index contributed by atoms with van der Waals surface area (Å²) in [5.41, 5.74) is 1.73. The van der Waals surface area contributed by atoms with Gasteiger partial charge in [-0.3, -0.25) is 19.6 Å². The monoisotopic (exact) mass is 400 g/mol. The van der Waals surface area contributed by atoms with Crippen LogP contribution in [0.15, 0.2) is 24.3 Å². The van der Waals surface area contributed by atoms with E-state index in [1.807, 2.05) is 0 Å². The SMILES string of the molecule is Cc1nn(CC(=O)NCc2ccc(COCC(F)(F)F)cc2)c(C)c1[N+](=O)[O-]. The number of aryl methyl sites for hydroxylation is 1. The van der Waals surface area contributed by atoms with Crippen LogP contribution in [-0.2, 0) is 29.2 Å². The maximum atomic E-state index is 12.1.